The Labute approximate surface area is 350 Å². The maximum absolute atomic E-state index is 13.1. The summed E-state index contributed by atoms with van der Waals surface area (Å²) in [4.78, 5) is 72.1. The zero-order valence-electron chi connectivity index (χ0n) is 35.1. The summed E-state index contributed by atoms with van der Waals surface area (Å²) in [6.07, 6.45) is -6.23. The third-order valence-electron chi connectivity index (χ3n) is 10.9. The Morgan fingerprint density at radius 2 is 1.27 bits per heavy atom. The van der Waals surface area contributed by atoms with Crippen LogP contribution in [-0.4, -0.2) is 155 Å². The molecule has 1 heterocycles. The van der Waals surface area contributed by atoms with E-state index in [2.05, 4.69) is 5.32 Å². The number of hydrogen-bond acceptors (Lipinski definition) is 16. The number of esters is 2. The van der Waals surface area contributed by atoms with Crippen LogP contribution in [-0.2, 0) is 43.0 Å². The van der Waals surface area contributed by atoms with E-state index >= 15 is 0 Å². The summed E-state index contributed by atoms with van der Waals surface area (Å²) < 4.78 is 16.6. The van der Waals surface area contributed by atoms with E-state index in [0.717, 1.165) is 19.3 Å². The van der Waals surface area contributed by atoms with Crippen molar-refractivity contribution < 1.29 is 94.0 Å². The molecule has 0 spiro atoms. The average molecular weight is 868 g/mol. The number of unbranched alkanes of at least 4 members (excludes halogenated alkanes) is 4. The number of aliphatic carboxylic acids is 4. The molecular weight excluding hydrogens is 798 g/mol. The zero-order valence-corrected chi connectivity index (χ0v) is 35.1. The van der Waals surface area contributed by atoms with Crippen LogP contribution >= 0.6 is 0 Å². The molecule has 0 bridgehead atoms. The first-order valence-corrected chi connectivity index (χ1v) is 20.8. The van der Waals surface area contributed by atoms with Crippen molar-refractivity contribution in [2.24, 2.45) is 23.7 Å². The van der Waals surface area contributed by atoms with Crippen molar-refractivity contribution in [2.45, 2.75) is 179 Å². The molecule has 11 N–H and O–H groups in total. The first-order valence-electron chi connectivity index (χ1n) is 20.8. The lowest BCUT2D eigenvalue weighted by Crippen LogP contribution is -2.65. The molecule has 0 aromatic heterocycles. The van der Waals surface area contributed by atoms with E-state index in [9.17, 15) is 69.6 Å². The second kappa shape index (κ2) is 27.4. The van der Waals surface area contributed by atoms with Crippen LogP contribution in [0.4, 0.5) is 0 Å². The maximum Gasteiger partial charge on any atom is 0.307 e. The highest BCUT2D eigenvalue weighted by Crippen LogP contribution is 2.29. The Balaban J connectivity index is 2.89. The molecule has 0 saturated carbocycles. The molecule has 1 aliphatic rings. The molecule has 1 rings (SSSR count). The highest BCUT2D eigenvalue weighted by Gasteiger charge is 2.48. The van der Waals surface area contributed by atoms with Gasteiger partial charge in [0.05, 0.1) is 62.9 Å². The molecule has 20 nitrogen and oxygen atoms in total. The number of hydrogen-bond donors (Lipinski definition) is 11. The number of rotatable bonds is 32. The molecular formula is C40H69NO19. The van der Waals surface area contributed by atoms with Crippen molar-refractivity contribution in [2.75, 3.05) is 13.2 Å². The van der Waals surface area contributed by atoms with Gasteiger partial charge in [-0.3, -0.25) is 28.8 Å². The summed E-state index contributed by atoms with van der Waals surface area (Å²) in [5.74, 6) is -13.9. The van der Waals surface area contributed by atoms with Crippen LogP contribution in [0, 0.1) is 23.7 Å². The summed E-state index contributed by atoms with van der Waals surface area (Å²) in [7, 11) is 0. The van der Waals surface area contributed by atoms with Gasteiger partial charge in [-0.1, -0.05) is 65.7 Å². The first kappa shape index (κ1) is 54.5. The first-order chi connectivity index (χ1) is 28.0. The van der Waals surface area contributed by atoms with E-state index in [4.69, 9.17) is 24.4 Å². The van der Waals surface area contributed by atoms with Crippen molar-refractivity contribution in [3.8, 4) is 0 Å². The lowest BCUT2D eigenvalue weighted by atomic mass is 9.87. The van der Waals surface area contributed by atoms with Crippen LogP contribution in [0.25, 0.3) is 0 Å². The van der Waals surface area contributed by atoms with Gasteiger partial charge >= 0.3 is 35.8 Å². The summed E-state index contributed by atoms with van der Waals surface area (Å²) >= 11 is 0. The quantitative estimate of drug-likeness (QED) is 0.0332. The monoisotopic (exact) mass is 867 g/mol. The normalized spacial score (nSPS) is 23.8. The molecule has 60 heavy (non-hydrogen) atoms. The number of nitrogens with one attached hydrogen (secondary N) is 1. The van der Waals surface area contributed by atoms with Crippen molar-refractivity contribution in [3.05, 3.63) is 0 Å². The predicted octanol–water partition coefficient (Wildman–Crippen LogP) is 1.03. The van der Waals surface area contributed by atoms with Crippen LogP contribution in [0.5, 0.6) is 0 Å². The van der Waals surface area contributed by atoms with E-state index in [0.29, 0.717) is 38.5 Å². The second-order valence-electron chi connectivity index (χ2n) is 16.4. The molecule has 0 radical (unpaired) electrons. The van der Waals surface area contributed by atoms with E-state index in [1.165, 1.54) is 0 Å². The van der Waals surface area contributed by atoms with Crippen molar-refractivity contribution >= 4 is 35.8 Å². The second-order valence-corrected chi connectivity index (χ2v) is 16.4. The standard InChI is InChI=1S/C40H69NO19/c1-5-6-12-23(3)36(60-34(50)18-26(39(55)56)16-32(47)48)30(59-33(49)17-25(38(53)54)15-31(45)46)14-22(2)11-9-7-8-10-13-27(42)19-28(43)24(4)41-21-40(57)37(52)35(51)29(44)20-58-40/h22-30,35-37,41-44,51-52,57H,5-21H2,1-4H3,(H,45,46)(H,47,48)(H,53,54)(H,55,56)/t22-,23+,24-,25+,26+,27+,28-,29+,30-,35+,36+,37-,40-/m0/s1. The van der Waals surface area contributed by atoms with Gasteiger partial charge in [-0.2, -0.15) is 0 Å². The number of carbonyl (C=O) groups excluding carboxylic acids is 2. The number of carbonyl (C=O) groups is 6. The van der Waals surface area contributed by atoms with Crippen LogP contribution in [0.1, 0.15) is 124 Å². The molecule has 0 unspecified atom stereocenters. The van der Waals surface area contributed by atoms with Gasteiger partial charge in [-0.15, -0.1) is 0 Å². The van der Waals surface area contributed by atoms with Gasteiger partial charge in [0.25, 0.3) is 0 Å². The summed E-state index contributed by atoms with van der Waals surface area (Å²) in [6, 6.07) is -0.646. The third kappa shape index (κ3) is 20.4. The number of aliphatic hydroxyl groups is 6. The molecule has 0 amide bonds. The molecule has 0 aromatic carbocycles. The number of ether oxygens (including phenoxy) is 3. The highest BCUT2D eigenvalue weighted by atomic mass is 16.7. The van der Waals surface area contributed by atoms with Gasteiger partial charge < -0.3 is 70.6 Å². The van der Waals surface area contributed by atoms with Gasteiger partial charge in [0.1, 0.15) is 30.5 Å². The molecule has 0 aliphatic carbocycles. The van der Waals surface area contributed by atoms with E-state index in [-0.39, 0.29) is 25.3 Å². The van der Waals surface area contributed by atoms with Gasteiger partial charge in [0.15, 0.2) is 0 Å². The number of carboxylic acid groups (broad SMARTS) is 4. The Morgan fingerprint density at radius 1 is 0.733 bits per heavy atom. The third-order valence-corrected chi connectivity index (χ3v) is 10.9. The Bertz CT molecular complexity index is 1350. The molecule has 0 aromatic rings. The fourth-order valence-electron chi connectivity index (χ4n) is 7.06. The maximum atomic E-state index is 13.1. The minimum absolute atomic E-state index is 0.0109. The summed E-state index contributed by atoms with van der Waals surface area (Å²) in [6.45, 7) is 6.40. The molecule has 1 saturated heterocycles. The lowest BCUT2D eigenvalue weighted by Gasteiger charge is -2.42. The molecule has 13 atom stereocenters. The lowest BCUT2D eigenvalue weighted by molar-refractivity contribution is -0.318. The van der Waals surface area contributed by atoms with E-state index in [1.807, 2.05) is 13.8 Å². The van der Waals surface area contributed by atoms with E-state index < -0.39 is 140 Å². The predicted molar refractivity (Wildman–Crippen MR) is 209 cm³/mol. The van der Waals surface area contributed by atoms with Crippen molar-refractivity contribution in [3.63, 3.8) is 0 Å². The molecule has 348 valence electrons. The van der Waals surface area contributed by atoms with E-state index in [1.54, 1.807) is 13.8 Å². The highest BCUT2D eigenvalue weighted by molar-refractivity contribution is 5.83. The van der Waals surface area contributed by atoms with Gasteiger partial charge in [-0.25, -0.2) is 0 Å². The Hall–Kier alpha value is -3.50. The van der Waals surface area contributed by atoms with Crippen LogP contribution < -0.4 is 5.32 Å². The zero-order chi connectivity index (χ0) is 45.7. The smallest absolute Gasteiger partial charge is 0.307 e. The average Bonchev–Trinajstić information content (AvgIpc) is 3.15. The fraction of sp³-hybridized carbons (Fsp3) is 0.850. The summed E-state index contributed by atoms with van der Waals surface area (Å²) in [5, 5.41) is 101. The Morgan fingerprint density at radius 3 is 1.78 bits per heavy atom. The Kier molecular flexibility index (Phi) is 24.9. The minimum atomic E-state index is -2.19. The van der Waals surface area contributed by atoms with Gasteiger partial charge in [0, 0.05) is 12.5 Å². The number of aliphatic hydroxyl groups excluding tert-OH is 5. The molecule has 1 aliphatic heterocycles. The van der Waals surface area contributed by atoms with Crippen LogP contribution in [0.3, 0.4) is 0 Å². The van der Waals surface area contributed by atoms with Crippen LogP contribution in [0.15, 0.2) is 0 Å². The molecule has 1 fully saturated rings. The largest absolute Gasteiger partial charge is 0.481 e. The fourth-order valence-corrected chi connectivity index (χ4v) is 7.06. The summed E-state index contributed by atoms with van der Waals surface area (Å²) in [5.41, 5.74) is 0. The van der Waals surface area contributed by atoms with Crippen molar-refractivity contribution in [1.29, 1.82) is 0 Å². The topological polar surface area (TPSA) is 344 Å². The number of carboxylic acids is 4. The van der Waals surface area contributed by atoms with Crippen molar-refractivity contribution in [1.82, 2.24) is 5.32 Å². The van der Waals surface area contributed by atoms with Gasteiger partial charge in [-0.05, 0) is 38.0 Å². The SMILES string of the molecule is CCCC[C@@H](C)[C@@H](OC(=O)C[C@@H](CC(=O)O)C(=O)O)[C@H](C[C@@H](C)CCCCCC[C@@H](O)C[C@H](O)[C@H](C)NC[C@]1(O)OC[C@@H](O)[C@@H](O)[C@@H]1O)OC(=O)C[C@@H](CC(=O)O)C(=O)O. The molecule has 20 heteroatoms. The minimum Gasteiger partial charge on any atom is -0.481 e. The van der Waals surface area contributed by atoms with Crippen LogP contribution in [0.2, 0.25) is 0 Å². The van der Waals surface area contributed by atoms with Gasteiger partial charge in [0.2, 0.25) is 5.79 Å².